The van der Waals surface area contributed by atoms with E-state index < -0.39 is 0 Å². The molecule has 3 atom stereocenters. The Morgan fingerprint density at radius 2 is 2.25 bits per heavy atom. The molecule has 2 N–H and O–H groups in total. The lowest BCUT2D eigenvalue weighted by atomic mass is 9.80. The number of hydrogen-bond acceptors (Lipinski definition) is 4. The Morgan fingerprint density at radius 1 is 1.38 bits per heavy atom. The van der Waals surface area contributed by atoms with Crippen LogP contribution in [0.3, 0.4) is 0 Å². The van der Waals surface area contributed by atoms with Crippen LogP contribution in [0, 0.1) is 11.8 Å². The van der Waals surface area contributed by atoms with Crippen molar-refractivity contribution in [3.8, 4) is 5.75 Å². The largest absolute Gasteiger partial charge is 0.508 e. The molecule has 0 aliphatic carbocycles. The first-order valence-electron chi connectivity index (χ1n) is 8.51. The first-order chi connectivity index (χ1) is 11.6. The summed E-state index contributed by atoms with van der Waals surface area (Å²) in [4.78, 5) is 18.0. The molecule has 3 unspecified atom stereocenters. The van der Waals surface area contributed by atoms with Crippen LogP contribution in [0.2, 0.25) is 5.02 Å². The van der Waals surface area contributed by atoms with E-state index in [1.54, 1.807) is 12.3 Å². The first kappa shape index (κ1) is 15.8. The Kier molecular flexibility index (Phi) is 4.14. The number of nitrogens with zero attached hydrogens (tertiary/aromatic N) is 1. The van der Waals surface area contributed by atoms with Gasteiger partial charge in [-0.05, 0) is 50.3 Å². The Morgan fingerprint density at radius 3 is 3.12 bits per heavy atom. The van der Waals surface area contributed by atoms with Gasteiger partial charge in [0.2, 0.25) is 0 Å². The van der Waals surface area contributed by atoms with Crippen molar-refractivity contribution < 1.29 is 14.6 Å². The number of rotatable bonds is 3. The summed E-state index contributed by atoms with van der Waals surface area (Å²) in [7, 11) is 0. The van der Waals surface area contributed by atoms with Crippen LogP contribution in [0.5, 0.6) is 5.75 Å². The fraction of sp³-hybridized carbons (Fsp3) is 0.500. The monoisotopic (exact) mass is 348 g/mol. The minimum atomic E-state index is -0.355. The summed E-state index contributed by atoms with van der Waals surface area (Å²) in [5, 5.41) is 10.5. The topological polar surface area (TPSA) is 65.6 Å². The van der Waals surface area contributed by atoms with Crippen molar-refractivity contribution in [2.75, 3.05) is 26.2 Å². The molecule has 2 fully saturated rings. The zero-order chi connectivity index (χ0) is 16.7. The Balaban J connectivity index is 1.47. The van der Waals surface area contributed by atoms with E-state index >= 15 is 0 Å². The fourth-order valence-corrected chi connectivity index (χ4v) is 4.42. The highest BCUT2D eigenvalue weighted by Crippen LogP contribution is 2.33. The molecule has 0 saturated carbocycles. The summed E-state index contributed by atoms with van der Waals surface area (Å²) >= 11 is 6.18. The molecule has 24 heavy (non-hydrogen) atoms. The number of piperidine rings is 2. The van der Waals surface area contributed by atoms with Crippen LogP contribution >= 0.6 is 11.6 Å². The molecule has 2 aromatic rings. The number of phenolic OH excluding ortho intramolecular Hbond substituents is 1. The lowest BCUT2D eigenvalue weighted by Crippen LogP contribution is -2.45. The minimum Gasteiger partial charge on any atom is -0.508 e. The van der Waals surface area contributed by atoms with Crippen LogP contribution in [0.25, 0.3) is 10.9 Å². The van der Waals surface area contributed by atoms with Crippen LogP contribution in [-0.2, 0) is 4.74 Å². The number of phenols is 1. The highest BCUT2D eigenvalue weighted by atomic mass is 35.5. The van der Waals surface area contributed by atoms with Gasteiger partial charge < -0.3 is 19.7 Å². The summed E-state index contributed by atoms with van der Waals surface area (Å²) < 4.78 is 5.61. The Hall–Kier alpha value is -1.72. The molecule has 3 heterocycles. The normalized spacial score (nSPS) is 26.5. The number of ether oxygens (including phenoxy) is 1. The SMILES string of the molecule is O=C(OCC1CCN2CCCC1C2)c1c[nH]c2cc(O)cc(Cl)c12. The molecular weight excluding hydrogens is 328 g/mol. The fourth-order valence-electron chi connectivity index (χ4n) is 4.11. The second-order valence-electron chi connectivity index (χ2n) is 6.90. The van der Waals surface area contributed by atoms with Crippen molar-refractivity contribution in [2.24, 2.45) is 11.8 Å². The number of H-pyrrole nitrogens is 1. The summed E-state index contributed by atoms with van der Waals surface area (Å²) in [5.41, 5.74) is 1.06. The van der Waals surface area contributed by atoms with E-state index in [-0.39, 0.29) is 11.7 Å². The number of aromatic hydroxyl groups is 1. The first-order valence-corrected chi connectivity index (χ1v) is 8.88. The molecule has 0 amide bonds. The number of halogens is 1. The second kappa shape index (κ2) is 6.30. The van der Waals surface area contributed by atoms with Crippen LogP contribution < -0.4 is 0 Å². The maximum Gasteiger partial charge on any atom is 0.340 e. The number of aromatic nitrogens is 1. The van der Waals surface area contributed by atoms with Gasteiger partial charge in [-0.15, -0.1) is 0 Å². The van der Waals surface area contributed by atoms with E-state index in [1.165, 1.54) is 25.5 Å². The third-order valence-corrected chi connectivity index (χ3v) is 5.69. The van der Waals surface area contributed by atoms with Gasteiger partial charge in [0, 0.05) is 24.2 Å². The number of fused-ring (bicyclic) bond motifs is 3. The van der Waals surface area contributed by atoms with E-state index in [2.05, 4.69) is 9.88 Å². The predicted molar refractivity (Wildman–Crippen MR) is 92.5 cm³/mol. The second-order valence-corrected chi connectivity index (χ2v) is 7.31. The van der Waals surface area contributed by atoms with Crippen molar-refractivity contribution in [3.05, 3.63) is 28.9 Å². The van der Waals surface area contributed by atoms with Gasteiger partial charge >= 0.3 is 5.97 Å². The van der Waals surface area contributed by atoms with Crippen molar-refractivity contribution in [1.82, 2.24) is 9.88 Å². The molecule has 0 spiro atoms. The van der Waals surface area contributed by atoms with Gasteiger partial charge in [-0.25, -0.2) is 4.79 Å². The standard InChI is InChI=1S/C18H21ClN2O3/c19-15-6-13(22)7-16-17(15)14(8-20-16)18(23)24-10-12-3-5-21-4-1-2-11(12)9-21/h6-8,11-12,20,22H,1-5,9-10H2. The van der Waals surface area contributed by atoms with Crippen LogP contribution in [-0.4, -0.2) is 47.2 Å². The maximum atomic E-state index is 12.5. The number of aromatic amines is 1. The molecular formula is C18H21ClN2O3. The molecule has 4 rings (SSSR count). The predicted octanol–water partition coefficient (Wildman–Crippen LogP) is 3.42. The van der Waals surface area contributed by atoms with Crippen LogP contribution in [0.1, 0.15) is 29.6 Å². The van der Waals surface area contributed by atoms with Gasteiger partial charge in [-0.1, -0.05) is 11.6 Å². The van der Waals surface area contributed by atoms with E-state index in [0.29, 0.717) is 39.9 Å². The van der Waals surface area contributed by atoms with Crippen LogP contribution in [0.4, 0.5) is 0 Å². The lowest BCUT2D eigenvalue weighted by molar-refractivity contribution is 0.0129. The van der Waals surface area contributed by atoms with E-state index in [0.717, 1.165) is 19.5 Å². The summed E-state index contributed by atoms with van der Waals surface area (Å²) in [6, 6.07) is 2.99. The maximum absolute atomic E-state index is 12.5. The zero-order valence-electron chi connectivity index (χ0n) is 13.4. The smallest absolute Gasteiger partial charge is 0.340 e. The molecule has 2 saturated heterocycles. The average molecular weight is 349 g/mol. The van der Waals surface area contributed by atoms with Gasteiger partial charge in [0.25, 0.3) is 0 Å². The minimum absolute atomic E-state index is 0.0679. The van der Waals surface area contributed by atoms with Gasteiger partial charge in [0.05, 0.1) is 22.7 Å². The number of carbonyl (C=O) groups is 1. The lowest BCUT2D eigenvalue weighted by Gasteiger charge is -2.42. The van der Waals surface area contributed by atoms with Crippen molar-refractivity contribution in [1.29, 1.82) is 0 Å². The molecule has 0 radical (unpaired) electrons. The molecule has 2 aliphatic rings. The summed E-state index contributed by atoms with van der Waals surface area (Å²) in [6.45, 7) is 3.93. The number of hydrogen-bond donors (Lipinski definition) is 2. The number of carbonyl (C=O) groups excluding carboxylic acids is 1. The van der Waals surface area contributed by atoms with E-state index in [1.807, 2.05) is 0 Å². The number of esters is 1. The number of benzene rings is 1. The van der Waals surface area contributed by atoms with E-state index in [9.17, 15) is 9.90 Å². The molecule has 1 aromatic carbocycles. The quantitative estimate of drug-likeness (QED) is 0.834. The third kappa shape index (κ3) is 2.87. The molecule has 128 valence electrons. The average Bonchev–Trinajstić information content (AvgIpc) is 2.98. The highest BCUT2D eigenvalue weighted by molar-refractivity contribution is 6.37. The summed E-state index contributed by atoms with van der Waals surface area (Å²) in [6.07, 6.45) is 5.18. The van der Waals surface area contributed by atoms with Crippen molar-refractivity contribution in [2.45, 2.75) is 19.3 Å². The zero-order valence-corrected chi connectivity index (χ0v) is 14.2. The highest BCUT2D eigenvalue weighted by Gasteiger charge is 2.32. The van der Waals surface area contributed by atoms with Gasteiger partial charge in [-0.3, -0.25) is 0 Å². The van der Waals surface area contributed by atoms with Gasteiger partial charge in [-0.2, -0.15) is 0 Å². The molecule has 1 aromatic heterocycles. The van der Waals surface area contributed by atoms with E-state index in [4.69, 9.17) is 16.3 Å². The molecule has 2 bridgehead atoms. The molecule has 5 nitrogen and oxygen atoms in total. The van der Waals surface area contributed by atoms with Crippen molar-refractivity contribution >= 4 is 28.5 Å². The summed E-state index contributed by atoms with van der Waals surface area (Å²) in [5.74, 6) is 0.810. The molecule has 6 heteroatoms. The Labute approximate surface area is 145 Å². The number of nitrogens with one attached hydrogen (secondary N) is 1. The third-order valence-electron chi connectivity index (χ3n) is 5.39. The molecule has 2 aliphatic heterocycles. The van der Waals surface area contributed by atoms with Gasteiger partial charge in [0.1, 0.15) is 5.75 Å². The van der Waals surface area contributed by atoms with Gasteiger partial charge in [0.15, 0.2) is 0 Å². The van der Waals surface area contributed by atoms with Crippen LogP contribution in [0.15, 0.2) is 18.3 Å². The Bertz CT molecular complexity index is 773. The van der Waals surface area contributed by atoms with Crippen molar-refractivity contribution in [3.63, 3.8) is 0 Å².